The number of esters is 1. The Kier molecular flexibility index (Phi) is 8.03. The third-order valence-electron chi connectivity index (χ3n) is 4.31. The lowest BCUT2D eigenvalue weighted by Crippen LogP contribution is -2.50. The van der Waals surface area contributed by atoms with E-state index >= 15 is 0 Å². The fourth-order valence-electron chi connectivity index (χ4n) is 3.01. The largest absolute Gasteiger partial charge is 0.480 e. The second-order valence-electron chi connectivity index (χ2n) is 8.55. The summed E-state index contributed by atoms with van der Waals surface area (Å²) in [5.41, 5.74) is -0.848. The normalized spacial score (nSPS) is 13.1. The number of carbonyl (C=O) groups excluding carboxylic acids is 1. The highest BCUT2D eigenvalue weighted by atomic mass is 32.2. The molecule has 0 saturated heterocycles. The van der Waals surface area contributed by atoms with E-state index in [2.05, 4.69) is 0 Å². The minimum absolute atomic E-state index is 0.159. The Labute approximate surface area is 188 Å². The molecule has 2 aromatic carbocycles. The van der Waals surface area contributed by atoms with Gasteiger partial charge in [-0.05, 0) is 63.1 Å². The van der Waals surface area contributed by atoms with Crippen LogP contribution in [0.2, 0.25) is 0 Å². The van der Waals surface area contributed by atoms with Gasteiger partial charge in [0.25, 0.3) is 0 Å². The van der Waals surface area contributed by atoms with Crippen molar-refractivity contribution in [3.05, 3.63) is 54.6 Å². The van der Waals surface area contributed by atoms with E-state index in [1.807, 2.05) is 6.07 Å². The summed E-state index contributed by atoms with van der Waals surface area (Å²) in [7, 11) is -4.33. The molecule has 0 radical (unpaired) electrons. The van der Waals surface area contributed by atoms with Crippen LogP contribution in [0.3, 0.4) is 0 Å². The molecule has 0 aliphatic carbocycles. The molecule has 0 unspecified atom stereocenters. The Morgan fingerprint density at radius 1 is 0.969 bits per heavy atom. The van der Waals surface area contributed by atoms with Crippen LogP contribution in [0.15, 0.2) is 59.5 Å². The number of hydrogen-bond donors (Lipinski definition) is 1. The molecule has 9 heteroatoms. The molecule has 0 saturated carbocycles. The van der Waals surface area contributed by atoms with Gasteiger partial charge in [0.1, 0.15) is 29.7 Å². The zero-order valence-corrected chi connectivity index (χ0v) is 19.6. The Hall–Kier alpha value is -2.91. The van der Waals surface area contributed by atoms with E-state index in [0.717, 1.165) is 0 Å². The number of carboxylic acid groups (broad SMARTS) is 1. The van der Waals surface area contributed by atoms with Crippen LogP contribution in [0.5, 0.6) is 11.5 Å². The number of carbonyl (C=O) groups is 2. The maximum atomic E-state index is 13.4. The third-order valence-corrected chi connectivity index (χ3v) is 6.15. The quantitative estimate of drug-likeness (QED) is 0.561. The monoisotopic (exact) mass is 463 g/mol. The highest BCUT2D eigenvalue weighted by Gasteiger charge is 2.40. The molecule has 32 heavy (non-hydrogen) atoms. The lowest BCUT2D eigenvalue weighted by atomic mass is 10.1. The third kappa shape index (κ3) is 6.80. The summed E-state index contributed by atoms with van der Waals surface area (Å²) >= 11 is 0. The first-order valence-corrected chi connectivity index (χ1v) is 11.5. The molecule has 2 rings (SSSR count). The summed E-state index contributed by atoms with van der Waals surface area (Å²) in [5, 5.41) is 9.70. The Bertz CT molecular complexity index is 1030. The average Bonchev–Trinajstić information content (AvgIpc) is 2.66. The van der Waals surface area contributed by atoms with Gasteiger partial charge in [0, 0.05) is 0 Å². The standard InChI is InChI=1S/C23H29NO7S/c1-16(2)21(22(26)27)24(15-20(25)31-23(3,4)5)32(28,29)19-13-11-18(12-14-19)30-17-9-7-6-8-10-17/h6-14,16,21H,15H2,1-5H3,(H,26,27)/t21-/m1/s1. The van der Waals surface area contributed by atoms with Gasteiger partial charge in [0.15, 0.2) is 0 Å². The molecule has 0 bridgehead atoms. The molecule has 0 amide bonds. The molecular formula is C23H29NO7S. The van der Waals surface area contributed by atoms with Crippen molar-refractivity contribution >= 4 is 22.0 Å². The first kappa shape index (κ1) is 25.4. The molecule has 0 heterocycles. The lowest BCUT2D eigenvalue weighted by Gasteiger charge is -2.31. The molecule has 0 aromatic heterocycles. The number of rotatable bonds is 9. The molecule has 2 aromatic rings. The van der Waals surface area contributed by atoms with Crippen molar-refractivity contribution in [3.8, 4) is 11.5 Å². The van der Waals surface area contributed by atoms with Gasteiger partial charge in [-0.3, -0.25) is 9.59 Å². The molecule has 8 nitrogen and oxygen atoms in total. The van der Waals surface area contributed by atoms with E-state index < -0.39 is 46.1 Å². The van der Waals surface area contributed by atoms with Gasteiger partial charge in [-0.2, -0.15) is 4.31 Å². The van der Waals surface area contributed by atoms with Crippen LogP contribution in [0.4, 0.5) is 0 Å². The van der Waals surface area contributed by atoms with Crippen LogP contribution in [0.25, 0.3) is 0 Å². The van der Waals surface area contributed by atoms with Crippen molar-refractivity contribution in [1.82, 2.24) is 4.31 Å². The molecule has 174 valence electrons. The van der Waals surface area contributed by atoms with Gasteiger partial charge in [-0.25, -0.2) is 8.42 Å². The predicted molar refractivity (Wildman–Crippen MR) is 119 cm³/mol. The van der Waals surface area contributed by atoms with Crippen LogP contribution in [-0.2, 0) is 24.3 Å². The van der Waals surface area contributed by atoms with Crippen LogP contribution in [0, 0.1) is 5.92 Å². The van der Waals surface area contributed by atoms with Crippen LogP contribution < -0.4 is 4.74 Å². The molecule has 1 N–H and O–H groups in total. The average molecular weight is 464 g/mol. The zero-order valence-electron chi connectivity index (χ0n) is 18.8. The number of carboxylic acids is 1. The van der Waals surface area contributed by atoms with Gasteiger partial charge in [0.2, 0.25) is 10.0 Å². The lowest BCUT2D eigenvalue weighted by molar-refractivity contribution is -0.156. The maximum Gasteiger partial charge on any atom is 0.322 e. The number of benzene rings is 2. The second kappa shape index (κ2) is 10.1. The van der Waals surface area contributed by atoms with Gasteiger partial charge < -0.3 is 14.6 Å². The minimum atomic E-state index is -4.33. The summed E-state index contributed by atoms with van der Waals surface area (Å²) in [6.45, 7) is 7.36. The van der Waals surface area contributed by atoms with E-state index in [1.165, 1.54) is 24.3 Å². The van der Waals surface area contributed by atoms with Crippen LogP contribution in [0.1, 0.15) is 34.6 Å². The van der Waals surface area contributed by atoms with E-state index in [0.29, 0.717) is 15.8 Å². The van der Waals surface area contributed by atoms with Crippen molar-refractivity contribution in [1.29, 1.82) is 0 Å². The van der Waals surface area contributed by atoms with Crippen molar-refractivity contribution in [2.75, 3.05) is 6.54 Å². The second-order valence-corrected chi connectivity index (χ2v) is 10.4. The van der Waals surface area contributed by atoms with Crippen molar-refractivity contribution < 1.29 is 32.6 Å². The first-order valence-electron chi connectivity index (χ1n) is 10.1. The Balaban J connectivity index is 2.37. The first-order chi connectivity index (χ1) is 14.8. The summed E-state index contributed by atoms with van der Waals surface area (Å²) in [6.07, 6.45) is 0. The minimum Gasteiger partial charge on any atom is -0.480 e. The van der Waals surface area contributed by atoms with Gasteiger partial charge in [-0.1, -0.05) is 32.0 Å². The number of nitrogens with zero attached hydrogens (tertiary/aromatic N) is 1. The number of ether oxygens (including phenoxy) is 2. The highest BCUT2D eigenvalue weighted by Crippen LogP contribution is 2.27. The Morgan fingerprint density at radius 3 is 1.97 bits per heavy atom. The molecular weight excluding hydrogens is 434 g/mol. The number of aliphatic carboxylic acids is 1. The highest BCUT2D eigenvalue weighted by molar-refractivity contribution is 7.89. The predicted octanol–water partition coefficient (Wildman–Crippen LogP) is 3.92. The van der Waals surface area contributed by atoms with E-state index in [4.69, 9.17) is 9.47 Å². The summed E-state index contributed by atoms with van der Waals surface area (Å²) < 4.78 is 38.3. The van der Waals surface area contributed by atoms with Crippen LogP contribution in [-0.4, -0.2) is 48.0 Å². The number of hydrogen-bond acceptors (Lipinski definition) is 6. The molecule has 1 atom stereocenters. The Morgan fingerprint density at radius 2 is 1.50 bits per heavy atom. The van der Waals surface area contributed by atoms with Gasteiger partial charge in [0.05, 0.1) is 4.90 Å². The molecule has 0 fully saturated rings. The SMILES string of the molecule is CC(C)[C@H](C(=O)O)N(CC(=O)OC(C)(C)C)S(=O)(=O)c1ccc(Oc2ccccc2)cc1. The van der Waals surface area contributed by atoms with Crippen molar-refractivity contribution in [3.63, 3.8) is 0 Å². The van der Waals surface area contributed by atoms with Crippen molar-refractivity contribution in [2.45, 2.75) is 51.2 Å². The fourth-order valence-corrected chi connectivity index (χ4v) is 4.67. The summed E-state index contributed by atoms with van der Waals surface area (Å²) in [5.74, 6) is -1.79. The fraction of sp³-hybridized carbons (Fsp3) is 0.391. The summed E-state index contributed by atoms with van der Waals surface area (Å²) in [6, 6.07) is 13.1. The number of sulfonamides is 1. The van der Waals surface area contributed by atoms with Gasteiger partial charge >= 0.3 is 11.9 Å². The van der Waals surface area contributed by atoms with E-state index in [9.17, 15) is 23.1 Å². The van der Waals surface area contributed by atoms with Crippen LogP contribution >= 0.6 is 0 Å². The topological polar surface area (TPSA) is 110 Å². The molecule has 0 aliphatic rings. The number of para-hydroxylation sites is 1. The molecule has 0 spiro atoms. The smallest absolute Gasteiger partial charge is 0.322 e. The molecule has 0 aliphatic heterocycles. The van der Waals surface area contributed by atoms with E-state index in [1.54, 1.807) is 58.9 Å². The van der Waals surface area contributed by atoms with Gasteiger partial charge in [-0.15, -0.1) is 0 Å². The zero-order chi connectivity index (χ0) is 24.1. The van der Waals surface area contributed by atoms with Crippen molar-refractivity contribution in [2.24, 2.45) is 5.92 Å². The summed E-state index contributed by atoms with van der Waals surface area (Å²) in [4.78, 5) is 24.2. The van der Waals surface area contributed by atoms with E-state index in [-0.39, 0.29) is 4.90 Å². The maximum absolute atomic E-state index is 13.4.